The highest BCUT2D eigenvalue weighted by molar-refractivity contribution is 7.90. The zero-order chi connectivity index (χ0) is 10.3. The first-order valence-electron chi connectivity index (χ1n) is 4.27. The number of hydrogen-bond donors (Lipinski definition) is 1. The van der Waals surface area contributed by atoms with Gasteiger partial charge in [-0.15, -0.1) is 0 Å². The number of aromatic amines is 1. The van der Waals surface area contributed by atoms with Crippen LogP contribution in [0.5, 0.6) is 0 Å². The Hall–Kier alpha value is -1.17. The molecular formula is C8H10N2O3S. The smallest absolute Gasteiger partial charge is 0.267 e. The summed E-state index contributed by atoms with van der Waals surface area (Å²) in [5.74, 6) is 0.0115. The number of aromatic nitrogens is 2. The van der Waals surface area contributed by atoms with Crippen LogP contribution in [0, 0.1) is 6.92 Å². The van der Waals surface area contributed by atoms with Crippen molar-refractivity contribution in [2.24, 2.45) is 0 Å². The summed E-state index contributed by atoms with van der Waals surface area (Å²) in [6.45, 7) is 1.70. The lowest BCUT2D eigenvalue weighted by molar-refractivity contribution is 0.590. The van der Waals surface area contributed by atoms with Crippen LogP contribution in [0.3, 0.4) is 0 Å². The third-order valence-electron chi connectivity index (χ3n) is 2.43. The van der Waals surface area contributed by atoms with Crippen LogP contribution in [0.15, 0.2) is 4.79 Å². The number of rotatable bonds is 0. The van der Waals surface area contributed by atoms with Crippen molar-refractivity contribution in [2.75, 3.05) is 5.75 Å². The Bertz CT molecular complexity index is 530. The highest BCUT2D eigenvalue weighted by Gasteiger charge is 2.25. The summed E-state index contributed by atoms with van der Waals surface area (Å²) in [7, 11) is -3.03. The lowest BCUT2D eigenvalue weighted by Gasteiger charge is -2.15. The number of nitrogens with zero attached hydrogens (tertiary/aromatic N) is 1. The molecule has 0 radical (unpaired) electrons. The summed E-state index contributed by atoms with van der Waals surface area (Å²) in [5, 5.41) is 6.11. The van der Waals surface area contributed by atoms with E-state index in [1.165, 1.54) is 0 Å². The molecule has 2 rings (SSSR count). The Morgan fingerprint density at radius 2 is 2.07 bits per heavy atom. The second-order valence-corrected chi connectivity index (χ2v) is 5.62. The Morgan fingerprint density at radius 3 is 2.79 bits per heavy atom. The van der Waals surface area contributed by atoms with E-state index in [2.05, 4.69) is 10.2 Å². The van der Waals surface area contributed by atoms with Crippen molar-refractivity contribution in [2.45, 2.75) is 19.1 Å². The number of aryl methyl sites for hydroxylation is 1. The molecular weight excluding hydrogens is 204 g/mol. The minimum Gasteiger partial charge on any atom is -0.268 e. The van der Waals surface area contributed by atoms with E-state index in [1.54, 1.807) is 6.92 Å². The topological polar surface area (TPSA) is 79.9 Å². The van der Waals surface area contributed by atoms with Crippen molar-refractivity contribution in [1.29, 1.82) is 0 Å². The molecule has 0 aliphatic carbocycles. The van der Waals surface area contributed by atoms with Gasteiger partial charge in [0, 0.05) is 5.56 Å². The van der Waals surface area contributed by atoms with Crippen molar-refractivity contribution >= 4 is 9.84 Å². The van der Waals surface area contributed by atoms with E-state index in [9.17, 15) is 13.2 Å². The van der Waals surface area contributed by atoms with Crippen LogP contribution in [0.1, 0.15) is 16.8 Å². The average molecular weight is 214 g/mol. The number of fused-ring (bicyclic) bond motifs is 1. The SMILES string of the molecule is Cc1n[nH]c(=O)c2c1CS(=O)(=O)CC2. The molecule has 0 amide bonds. The quantitative estimate of drug-likeness (QED) is 0.634. The summed E-state index contributed by atoms with van der Waals surface area (Å²) >= 11 is 0. The van der Waals surface area contributed by atoms with Gasteiger partial charge < -0.3 is 0 Å². The van der Waals surface area contributed by atoms with Crippen LogP contribution in [0.25, 0.3) is 0 Å². The second-order valence-electron chi connectivity index (χ2n) is 3.44. The van der Waals surface area contributed by atoms with E-state index in [4.69, 9.17) is 0 Å². The molecule has 0 spiro atoms. The van der Waals surface area contributed by atoms with Gasteiger partial charge in [0.1, 0.15) is 0 Å². The number of hydrogen-bond acceptors (Lipinski definition) is 4. The van der Waals surface area contributed by atoms with Crippen LogP contribution in [-0.4, -0.2) is 24.4 Å². The highest BCUT2D eigenvalue weighted by atomic mass is 32.2. The van der Waals surface area contributed by atoms with Crippen LogP contribution >= 0.6 is 0 Å². The number of sulfone groups is 1. The average Bonchev–Trinajstić information content (AvgIpc) is 2.10. The molecule has 1 N–H and O–H groups in total. The zero-order valence-corrected chi connectivity index (χ0v) is 8.52. The normalized spacial score (nSPS) is 18.9. The lowest BCUT2D eigenvalue weighted by atomic mass is 10.1. The van der Waals surface area contributed by atoms with Crippen LogP contribution in [0.4, 0.5) is 0 Å². The van der Waals surface area contributed by atoms with Gasteiger partial charge >= 0.3 is 0 Å². The molecule has 0 unspecified atom stereocenters. The van der Waals surface area contributed by atoms with Gasteiger partial charge in [-0.25, -0.2) is 13.5 Å². The standard InChI is InChI=1S/C8H10N2O3S/c1-5-7-4-14(12,13)3-2-6(7)8(11)10-9-5/h2-4H2,1H3,(H,10,11). The number of nitrogens with one attached hydrogen (secondary N) is 1. The molecule has 76 valence electrons. The molecule has 0 saturated heterocycles. The molecule has 1 aromatic heterocycles. The first-order chi connectivity index (χ1) is 6.49. The molecule has 14 heavy (non-hydrogen) atoms. The maximum absolute atomic E-state index is 11.3. The fourth-order valence-corrected chi connectivity index (χ4v) is 3.11. The van der Waals surface area contributed by atoms with Gasteiger partial charge in [-0.2, -0.15) is 5.10 Å². The second kappa shape index (κ2) is 2.91. The van der Waals surface area contributed by atoms with Gasteiger partial charge in [0.05, 0.1) is 17.2 Å². The van der Waals surface area contributed by atoms with Crippen LogP contribution < -0.4 is 5.56 Å². The molecule has 0 aromatic carbocycles. The Balaban J connectivity index is 2.68. The van der Waals surface area contributed by atoms with Gasteiger partial charge in [-0.1, -0.05) is 0 Å². The van der Waals surface area contributed by atoms with Crippen molar-refractivity contribution in [3.8, 4) is 0 Å². The van der Waals surface area contributed by atoms with Crippen LogP contribution in [0.2, 0.25) is 0 Å². The predicted molar refractivity (Wildman–Crippen MR) is 50.8 cm³/mol. The van der Waals surface area contributed by atoms with Crippen molar-refractivity contribution < 1.29 is 8.42 Å². The molecule has 0 saturated carbocycles. The van der Waals surface area contributed by atoms with Gasteiger partial charge in [-0.05, 0) is 18.9 Å². The fourth-order valence-electron chi connectivity index (χ4n) is 1.63. The van der Waals surface area contributed by atoms with Gasteiger partial charge in [0.25, 0.3) is 5.56 Å². The lowest BCUT2D eigenvalue weighted by Crippen LogP contribution is -2.28. The minimum atomic E-state index is -3.03. The predicted octanol–water partition coefficient (Wildman–Crippen LogP) is -0.451. The molecule has 6 heteroatoms. The molecule has 2 heterocycles. The third-order valence-corrected chi connectivity index (χ3v) is 3.98. The van der Waals surface area contributed by atoms with Crippen molar-refractivity contribution in [1.82, 2.24) is 10.2 Å². The monoisotopic (exact) mass is 214 g/mol. The first kappa shape index (κ1) is 9.39. The summed E-state index contributed by atoms with van der Waals surface area (Å²) < 4.78 is 22.7. The maximum Gasteiger partial charge on any atom is 0.267 e. The summed E-state index contributed by atoms with van der Waals surface area (Å²) in [6.07, 6.45) is 0.302. The Labute approximate surface area is 81.1 Å². The summed E-state index contributed by atoms with van der Waals surface area (Å²) in [6, 6.07) is 0. The highest BCUT2D eigenvalue weighted by Crippen LogP contribution is 2.18. The van der Waals surface area contributed by atoms with E-state index in [0.29, 0.717) is 23.2 Å². The Kier molecular flexibility index (Phi) is 1.95. The summed E-state index contributed by atoms with van der Waals surface area (Å²) in [4.78, 5) is 11.3. The number of H-pyrrole nitrogens is 1. The van der Waals surface area contributed by atoms with Gasteiger partial charge in [0.15, 0.2) is 9.84 Å². The largest absolute Gasteiger partial charge is 0.268 e. The van der Waals surface area contributed by atoms with Crippen molar-refractivity contribution in [3.63, 3.8) is 0 Å². The van der Waals surface area contributed by atoms with E-state index >= 15 is 0 Å². The molecule has 5 nitrogen and oxygen atoms in total. The van der Waals surface area contributed by atoms with Crippen LogP contribution in [-0.2, 0) is 22.0 Å². The van der Waals surface area contributed by atoms with E-state index in [-0.39, 0.29) is 17.1 Å². The zero-order valence-electron chi connectivity index (χ0n) is 7.70. The van der Waals surface area contributed by atoms with E-state index < -0.39 is 9.84 Å². The Morgan fingerprint density at radius 1 is 1.36 bits per heavy atom. The maximum atomic E-state index is 11.3. The molecule has 1 aliphatic rings. The molecule has 0 bridgehead atoms. The third kappa shape index (κ3) is 1.45. The molecule has 1 aromatic rings. The fraction of sp³-hybridized carbons (Fsp3) is 0.500. The van der Waals surface area contributed by atoms with Crippen molar-refractivity contribution in [3.05, 3.63) is 27.2 Å². The molecule has 0 atom stereocenters. The van der Waals surface area contributed by atoms with Gasteiger partial charge in [0.2, 0.25) is 0 Å². The summed E-state index contributed by atoms with van der Waals surface area (Å²) in [5.41, 5.74) is 1.50. The minimum absolute atomic E-state index is 0.0505. The molecule has 1 aliphatic heterocycles. The first-order valence-corrected chi connectivity index (χ1v) is 6.09. The van der Waals surface area contributed by atoms with E-state index in [1.807, 2.05) is 0 Å². The van der Waals surface area contributed by atoms with Gasteiger partial charge in [-0.3, -0.25) is 4.79 Å². The molecule has 0 fully saturated rings. The van der Waals surface area contributed by atoms with E-state index in [0.717, 1.165) is 0 Å².